The van der Waals surface area contributed by atoms with Crippen LogP contribution in [0.5, 0.6) is 0 Å². The van der Waals surface area contributed by atoms with E-state index < -0.39 is 17.6 Å². The molecule has 1 saturated carbocycles. The summed E-state index contributed by atoms with van der Waals surface area (Å²) in [6.07, 6.45) is 5.69. The number of nitrogens with zero attached hydrogens (tertiary/aromatic N) is 2. The highest BCUT2D eigenvalue weighted by atomic mass is 16.6. The number of benzene rings is 1. The minimum absolute atomic E-state index is 0.0878. The van der Waals surface area contributed by atoms with Gasteiger partial charge in [0, 0.05) is 19.0 Å². The van der Waals surface area contributed by atoms with Crippen molar-refractivity contribution in [3.8, 4) is 0 Å². The first-order valence-electron chi connectivity index (χ1n) is 11.5. The number of hydrogen-bond donors (Lipinski definition) is 1. The van der Waals surface area contributed by atoms with Crippen LogP contribution in [0.1, 0.15) is 70.9 Å². The van der Waals surface area contributed by atoms with Crippen molar-refractivity contribution in [3.05, 3.63) is 39.8 Å². The number of carbonyl (C=O) groups is 3. The minimum atomic E-state index is -0.703. The SMILES string of the molecule is Cn1c(=O)n(C2CCC(=O)NC2=O)c2cccc(C=C3CCC(C(=O)OC(C)(C)C)CC3)c21. The van der Waals surface area contributed by atoms with Crippen LogP contribution in [-0.2, 0) is 26.2 Å². The quantitative estimate of drug-likeness (QED) is 0.568. The Bertz CT molecular complexity index is 1200. The van der Waals surface area contributed by atoms with Crippen LogP contribution in [0.3, 0.4) is 0 Å². The molecule has 2 heterocycles. The Morgan fingerprint density at radius 3 is 2.42 bits per heavy atom. The van der Waals surface area contributed by atoms with Gasteiger partial charge in [-0.25, -0.2) is 4.79 Å². The first-order chi connectivity index (χ1) is 15.5. The fourth-order valence-corrected chi connectivity index (χ4v) is 4.79. The molecule has 8 nitrogen and oxygen atoms in total. The molecule has 4 rings (SSSR count). The fraction of sp³-hybridized carbons (Fsp3) is 0.520. The summed E-state index contributed by atoms with van der Waals surface area (Å²) in [7, 11) is 1.70. The van der Waals surface area contributed by atoms with Crippen molar-refractivity contribution >= 4 is 34.9 Å². The van der Waals surface area contributed by atoms with E-state index in [4.69, 9.17) is 4.74 Å². The molecular formula is C25H31N3O5. The van der Waals surface area contributed by atoms with Gasteiger partial charge in [0.1, 0.15) is 11.6 Å². The topological polar surface area (TPSA) is 99.4 Å². The van der Waals surface area contributed by atoms with E-state index in [-0.39, 0.29) is 29.9 Å². The number of carbonyl (C=O) groups excluding carboxylic acids is 3. The molecule has 8 heteroatoms. The zero-order chi connectivity index (χ0) is 23.9. The summed E-state index contributed by atoms with van der Waals surface area (Å²) in [4.78, 5) is 49.5. The Kier molecular flexibility index (Phi) is 6.03. The second kappa shape index (κ2) is 8.65. The average Bonchev–Trinajstić information content (AvgIpc) is 2.99. The number of rotatable bonds is 3. The van der Waals surface area contributed by atoms with Crippen molar-refractivity contribution in [2.75, 3.05) is 0 Å². The highest BCUT2D eigenvalue weighted by molar-refractivity contribution is 6.00. The Balaban J connectivity index is 1.61. The molecule has 0 radical (unpaired) electrons. The molecule has 2 aromatic rings. The van der Waals surface area contributed by atoms with Crippen molar-refractivity contribution in [2.45, 2.75) is 70.9 Å². The smallest absolute Gasteiger partial charge is 0.329 e. The van der Waals surface area contributed by atoms with Gasteiger partial charge in [0.25, 0.3) is 0 Å². The number of para-hydroxylation sites is 1. The number of allylic oxidation sites excluding steroid dienone is 1. The number of fused-ring (bicyclic) bond motifs is 1. The van der Waals surface area contributed by atoms with E-state index in [1.165, 1.54) is 10.1 Å². The van der Waals surface area contributed by atoms with Gasteiger partial charge in [0.2, 0.25) is 11.8 Å². The van der Waals surface area contributed by atoms with Gasteiger partial charge in [-0.3, -0.25) is 28.8 Å². The first-order valence-corrected chi connectivity index (χ1v) is 11.5. The number of ether oxygens (including phenoxy) is 1. The number of imidazole rings is 1. The van der Waals surface area contributed by atoms with Gasteiger partial charge in [-0.1, -0.05) is 23.8 Å². The lowest BCUT2D eigenvalue weighted by Crippen LogP contribution is -2.44. The van der Waals surface area contributed by atoms with E-state index in [1.807, 2.05) is 39.0 Å². The molecule has 2 fully saturated rings. The molecule has 0 bridgehead atoms. The summed E-state index contributed by atoms with van der Waals surface area (Å²) < 4.78 is 8.61. The maximum absolute atomic E-state index is 13.1. The van der Waals surface area contributed by atoms with Crippen LogP contribution in [0.2, 0.25) is 0 Å². The number of esters is 1. The summed E-state index contributed by atoms with van der Waals surface area (Å²) in [6, 6.07) is 4.97. The summed E-state index contributed by atoms with van der Waals surface area (Å²) in [6.45, 7) is 5.64. The fourth-order valence-electron chi connectivity index (χ4n) is 4.79. The van der Waals surface area contributed by atoms with E-state index in [0.717, 1.165) is 36.8 Å². The van der Waals surface area contributed by atoms with E-state index in [0.29, 0.717) is 11.9 Å². The molecule has 2 aliphatic rings. The van der Waals surface area contributed by atoms with Crippen molar-refractivity contribution in [1.82, 2.24) is 14.5 Å². The molecule has 1 unspecified atom stereocenters. The molecule has 1 saturated heterocycles. The van der Waals surface area contributed by atoms with Gasteiger partial charge in [-0.2, -0.15) is 0 Å². The maximum Gasteiger partial charge on any atom is 0.329 e. The third-order valence-corrected chi connectivity index (χ3v) is 6.38. The van der Waals surface area contributed by atoms with E-state index in [2.05, 4.69) is 11.4 Å². The van der Waals surface area contributed by atoms with Crippen molar-refractivity contribution in [2.24, 2.45) is 13.0 Å². The van der Waals surface area contributed by atoms with Gasteiger partial charge in [-0.05, 0) is 58.9 Å². The minimum Gasteiger partial charge on any atom is -0.460 e. The van der Waals surface area contributed by atoms with Crippen LogP contribution in [-0.4, -0.2) is 32.5 Å². The second-order valence-corrected chi connectivity index (χ2v) is 10.0. The van der Waals surface area contributed by atoms with E-state index in [9.17, 15) is 19.2 Å². The molecular weight excluding hydrogens is 422 g/mol. The lowest BCUT2D eigenvalue weighted by molar-refractivity contribution is -0.160. The number of amides is 2. The van der Waals surface area contributed by atoms with Gasteiger partial charge in [-0.15, -0.1) is 0 Å². The molecule has 1 N–H and O–H groups in total. The third kappa shape index (κ3) is 4.65. The predicted molar refractivity (Wildman–Crippen MR) is 124 cm³/mol. The predicted octanol–water partition coefficient (Wildman–Crippen LogP) is 3.23. The van der Waals surface area contributed by atoms with Gasteiger partial charge in [0.05, 0.1) is 17.0 Å². The largest absolute Gasteiger partial charge is 0.460 e. The monoisotopic (exact) mass is 453 g/mol. The number of piperidine rings is 1. The standard InChI is InChI=1S/C25H31N3O5/c1-25(2,3)33-23(31)16-10-8-15(9-11-16)14-17-6-5-7-18-21(17)27(4)24(32)28(18)19-12-13-20(29)26-22(19)30/h5-7,14,16,19H,8-13H2,1-4H3,(H,26,29,30). The molecule has 1 aromatic carbocycles. The Morgan fingerprint density at radius 1 is 1.09 bits per heavy atom. The summed E-state index contributed by atoms with van der Waals surface area (Å²) in [5, 5.41) is 2.34. The summed E-state index contributed by atoms with van der Waals surface area (Å²) >= 11 is 0. The van der Waals surface area contributed by atoms with Crippen LogP contribution >= 0.6 is 0 Å². The molecule has 1 atom stereocenters. The molecule has 1 aliphatic carbocycles. The maximum atomic E-state index is 13.1. The molecule has 2 amide bonds. The zero-order valence-corrected chi connectivity index (χ0v) is 19.6. The molecule has 33 heavy (non-hydrogen) atoms. The lowest BCUT2D eigenvalue weighted by atomic mass is 9.85. The first kappa shape index (κ1) is 23.0. The summed E-state index contributed by atoms with van der Waals surface area (Å²) in [5.41, 5.74) is 2.80. The number of nitrogens with one attached hydrogen (secondary N) is 1. The van der Waals surface area contributed by atoms with Crippen LogP contribution in [0.4, 0.5) is 0 Å². The Hall–Kier alpha value is -3.16. The average molecular weight is 454 g/mol. The second-order valence-electron chi connectivity index (χ2n) is 10.0. The van der Waals surface area contributed by atoms with Gasteiger partial charge in [0.15, 0.2) is 0 Å². The van der Waals surface area contributed by atoms with Crippen molar-refractivity contribution < 1.29 is 19.1 Å². The van der Waals surface area contributed by atoms with Crippen LogP contribution in [0.15, 0.2) is 28.6 Å². The molecule has 176 valence electrons. The van der Waals surface area contributed by atoms with Crippen molar-refractivity contribution in [3.63, 3.8) is 0 Å². The number of aromatic nitrogens is 2. The third-order valence-electron chi connectivity index (χ3n) is 6.38. The molecule has 0 spiro atoms. The van der Waals surface area contributed by atoms with Crippen LogP contribution in [0.25, 0.3) is 17.1 Å². The van der Waals surface area contributed by atoms with Gasteiger partial charge < -0.3 is 4.74 Å². The Labute approximate surface area is 192 Å². The number of hydrogen-bond acceptors (Lipinski definition) is 5. The highest BCUT2D eigenvalue weighted by Gasteiger charge is 2.32. The lowest BCUT2D eigenvalue weighted by Gasteiger charge is -2.27. The zero-order valence-electron chi connectivity index (χ0n) is 19.6. The Morgan fingerprint density at radius 2 is 1.79 bits per heavy atom. The van der Waals surface area contributed by atoms with Crippen molar-refractivity contribution in [1.29, 1.82) is 0 Å². The summed E-state index contributed by atoms with van der Waals surface area (Å²) in [5.74, 6) is -0.968. The number of imide groups is 1. The molecule has 1 aliphatic heterocycles. The van der Waals surface area contributed by atoms with E-state index in [1.54, 1.807) is 11.6 Å². The normalized spacial score (nSPS) is 21.8. The van der Waals surface area contributed by atoms with Crippen LogP contribution in [0, 0.1) is 5.92 Å². The van der Waals surface area contributed by atoms with E-state index >= 15 is 0 Å². The molecule has 1 aromatic heterocycles. The highest BCUT2D eigenvalue weighted by Crippen LogP contribution is 2.33. The van der Waals surface area contributed by atoms with Crippen LogP contribution < -0.4 is 11.0 Å². The number of aryl methyl sites for hydroxylation is 1. The van der Waals surface area contributed by atoms with Gasteiger partial charge >= 0.3 is 11.7 Å².